The van der Waals surface area contributed by atoms with E-state index in [1.54, 1.807) is 72.8 Å². The van der Waals surface area contributed by atoms with Gasteiger partial charge in [0.25, 0.3) is 11.8 Å². The molecule has 7 nitrogen and oxygen atoms in total. The Morgan fingerprint density at radius 2 is 1.44 bits per heavy atom. The average molecular weight is 470 g/mol. The lowest BCUT2D eigenvalue weighted by Crippen LogP contribution is -2.35. The van der Waals surface area contributed by atoms with Crippen molar-refractivity contribution in [1.82, 2.24) is 10.7 Å². The molecule has 0 spiro atoms. The van der Waals surface area contributed by atoms with Crippen LogP contribution in [0, 0.1) is 0 Å². The number of halogens is 2. The Balaban J connectivity index is 1.47. The lowest BCUT2D eigenvalue weighted by Gasteiger charge is -2.06. The largest absolute Gasteiger partial charge is 0.423 e. The number of hydrazone groups is 1. The molecular formula is C23H17Cl2N3O4. The lowest BCUT2D eigenvalue weighted by atomic mass is 10.2. The molecule has 9 heteroatoms. The minimum absolute atomic E-state index is 0.266. The standard InChI is InChI=1S/C23H17Cl2N3O4/c24-19-7-3-1-5-17(19)22(30)26-14-21(29)28-27-13-15-9-11-16(12-10-15)32-23(31)18-6-2-4-8-20(18)25/h1-13H,14H2,(H,26,30)(H,28,29). The molecule has 2 N–H and O–H groups in total. The number of nitrogens with zero attached hydrogens (tertiary/aromatic N) is 1. The van der Waals surface area contributed by atoms with Gasteiger partial charge in [-0.15, -0.1) is 0 Å². The van der Waals surface area contributed by atoms with Gasteiger partial charge in [-0.2, -0.15) is 5.10 Å². The lowest BCUT2D eigenvalue weighted by molar-refractivity contribution is -0.120. The molecule has 162 valence electrons. The Morgan fingerprint density at radius 1 is 0.844 bits per heavy atom. The molecule has 0 aliphatic rings. The van der Waals surface area contributed by atoms with Crippen LogP contribution in [0.25, 0.3) is 0 Å². The number of hydrogen-bond acceptors (Lipinski definition) is 5. The van der Waals surface area contributed by atoms with Gasteiger partial charge < -0.3 is 10.1 Å². The zero-order valence-corrected chi connectivity index (χ0v) is 18.1. The van der Waals surface area contributed by atoms with E-state index in [-0.39, 0.29) is 17.7 Å². The van der Waals surface area contributed by atoms with Crippen LogP contribution in [0.4, 0.5) is 0 Å². The second kappa shape index (κ2) is 11.1. The fraction of sp³-hybridized carbons (Fsp3) is 0.0435. The van der Waals surface area contributed by atoms with E-state index < -0.39 is 17.8 Å². The second-order valence-corrected chi connectivity index (χ2v) is 7.21. The summed E-state index contributed by atoms with van der Waals surface area (Å²) in [5.41, 5.74) is 3.51. The number of rotatable bonds is 7. The van der Waals surface area contributed by atoms with Crippen LogP contribution in [0.1, 0.15) is 26.3 Å². The van der Waals surface area contributed by atoms with Gasteiger partial charge in [0.15, 0.2) is 0 Å². The van der Waals surface area contributed by atoms with Gasteiger partial charge in [0.1, 0.15) is 5.75 Å². The Labute approximate surface area is 194 Å². The molecule has 0 saturated carbocycles. The fourth-order valence-corrected chi connectivity index (χ4v) is 2.96. The summed E-state index contributed by atoms with van der Waals surface area (Å²) in [6.45, 7) is -0.266. The van der Waals surface area contributed by atoms with E-state index in [2.05, 4.69) is 15.8 Å². The molecule has 2 amide bonds. The number of carbonyl (C=O) groups is 3. The third-order valence-electron chi connectivity index (χ3n) is 4.12. The molecule has 0 saturated heterocycles. The van der Waals surface area contributed by atoms with Crippen molar-refractivity contribution in [2.24, 2.45) is 5.10 Å². The molecule has 0 unspecified atom stereocenters. The van der Waals surface area contributed by atoms with E-state index in [1.807, 2.05) is 0 Å². The Morgan fingerprint density at radius 3 is 2.06 bits per heavy atom. The van der Waals surface area contributed by atoms with Crippen LogP contribution in [0.3, 0.4) is 0 Å². The number of nitrogens with one attached hydrogen (secondary N) is 2. The third kappa shape index (κ3) is 6.41. The number of benzene rings is 3. The summed E-state index contributed by atoms with van der Waals surface area (Å²) in [6.07, 6.45) is 1.41. The SMILES string of the molecule is O=C(CNC(=O)c1ccccc1Cl)NN=Cc1ccc(OC(=O)c2ccccc2Cl)cc1. The Hall–Kier alpha value is -3.68. The zero-order valence-electron chi connectivity index (χ0n) is 16.5. The number of esters is 1. The van der Waals surface area contributed by atoms with Crippen molar-refractivity contribution in [3.8, 4) is 5.75 Å². The van der Waals surface area contributed by atoms with Gasteiger partial charge in [0, 0.05) is 0 Å². The summed E-state index contributed by atoms with van der Waals surface area (Å²) in [4.78, 5) is 36.0. The monoisotopic (exact) mass is 469 g/mol. The van der Waals surface area contributed by atoms with Gasteiger partial charge in [-0.25, -0.2) is 10.2 Å². The van der Waals surface area contributed by atoms with Gasteiger partial charge in [-0.3, -0.25) is 9.59 Å². The summed E-state index contributed by atoms with van der Waals surface area (Å²) in [5.74, 6) is -1.20. The Bertz CT molecular complexity index is 1160. The van der Waals surface area contributed by atoms with Crippen LogP contribution in [-0.2, 0) is 4.79 Å². The van der Waals surface area contributed by atoms with E-state index in [9.17, 15) is 14.4 Å². The van der Waals surface area contributed by atoms with Crippen LogP contribution in [0.2, 0.25) is 10.0 Å². The number of hydrogen-bond donors (Lipinski definition) is 2. The fourth-order valence-electron chi connectivity index (χ4n) is 2.53. The highest BCUT2D eigenvalue weighted by Gasteiger charge is 2.12. The highest BCUT2D eigenvalue weighted by molar-refractivity contribution is 6.34. The van der Waals surface area contributed by atoms with Crippen molar-refractivity contribution in [2.45, 2.75) is 0 Å². The van der Waals surface area contributed by atoms with E-state index in [1.165, 1.54) is 6.21 Å². The molecule has 0 bridgehead atoms. The maximum atomic E-state index is 12.2. The van der Waals surface area contributed by atoms with Crippen molar-refractivity contribution < 1.29 is 19.1 Å². The molecule has 0 aromatic heterocycles. The molecular weight excluding hydrogens is 453 g/mol. The summed E-state index contributed by atoms with van der Waals surface area (Å²) in [7, 11) is 0. The highest BCUT2D eigenvalue weighted by atomic mass is 35.5. The van der Waals surface area contributed by atoms with Gasteiger partial charge in [0.05, 0.1) is 33.9 Å². The molecule has 0 aliphatic heterocycles. The normalized spacial score (nSPS) is 10.6. The van der Waals surface area contributed by atoms with Crippen LogP contribution in [0.5, 0.6) is 5.75 Å². The molecule has 0 fully saturated rings. The first-order valence-corrected chi connectivity index (χ1v) is 10.1. The molecule has 3 rings (SSSR count). The summed E-state index contributed by atoms with van der Waals surface area (Å²) >= 11 is 11.9. The molecule has 3 aromatic rings. The molecule has 0 radical (unpaired) electrons. The molecule has 0 aliphatic carbocycles. The number of amides is 2. The van der Waals surface area contributed by atoms with Gasteiger partial charge in [-0.1, -0.05) is 47.5 Å². The second-order valence-electron chi connectivity index (χ2n) is 6.39. The zero-order chi connectivity index (χ0) is 22.9. The minimum Gasteiger partial charge on any atom is -0.423 e. The van der Waals surface area contributed by atoms with Gasteiger partial charge in [-0.05, 0) is 54.1 Å². The smallest absolute Gasteiger partial charge is 0.345 e. The molecule has 0 atom stereocenters. The Kier molecular flexibility index (Phi) is 7.96. The first-order chi connectivity index (χ1) is 15.4. The van der Waals surface area contributed by atoms with Gasteiger partial charge >= 0.3 is 5.97 Å². The van der Waals surface area contributed by atoms with Gasteiger partial charge in [0.2, 0.25) is 0 Å². The summed E-state index contributed by atoms with van der Waals surface area (Å²) in [6, 6.07) is 19.6. The number of ether oxygens (including phenoxy) is 1. The third-order valence-corrected chi connectivity index (χ3v) is 4.77. The predicted octanol–water partition coefficient (Wildman–Crippen LogP) is 4.09. The van der Waals surface area contributed by atoms with Crippen molar-refractivity contribution in [3.05, 3.63) is 99.5 Å². The summed E-state index contributed by atoms with van der Waals surface area (Å²) in [5, 5.41) is 6.90. The van der Waals surface area contributed by atoms with E-state index in [0.717, 1.165) is 0 Å². The topological polar surface area (TPSA) is 96.9 Å². The molecule has 32 heavy (non-hydrogen) atoms. The minimum atomic E-state index is -0.567. The highest BCUT2D eigenvalue weighted by Crippen LogP contribution is 2.19. The maximum absolute atomic E-state index is 12.2. The van der Waals surface area contributed by atoms with E-state index in [0.29, 0.717) is 21.4 Å². The van der Waals surface area contributed by atoms with Crippen LogP contribution >= 0.6 is 23.2 Å². The molecule has 0 heterocycles. The average Bonchev–Trinajstić information content (AvgIpc) is 2.79. The van der Waals surface area contributed by atoms with Crippen molar-refractivity contribution >= 4 is 47.2 Å². The van der Waals surface area contributed by atoms with E-state index in [4.69, 9.17) is 27.9 Å². The quantitative estimate of drug-likeness (QED) is 0.235. The molecule has 3 aromatic carbocycles. The summed E-state index contributed by atoms with van der Waals surface area (Å²) < 4.78 is 5.29. The maximum Gasteiger partial charge on any atom is 0.345 e. The van der Waals surface area contributed by atoms with E-state index >= 15 is 0 Å². The van der Waals surface area contributed by atoms with Crippen LogP contribution in [-0.4, -0.2) is 30.5 Å². The van der Waals surface area contributed by atoms with Crippen LogP contribution in [0.15, 0.2) is 77.9 Å². The van der Waals surface area contributed by atoms with Crippen molar-refractivity contribution in [2.75, 3.05) is 6.54 Å². The number of carbonyl (C=O) groups excluding carboxylic acids is 3. The first kappa shape index (κ1) is 23.0. The van der Waals surface area contributed by atoms with Crippen molar-refractivity contribution in [3.63, 3.8) is 0 Å². The van der Waals surface area contributed by atoms with Crippen molar-refractivity contribution in [1.29, 1.82) is 0 Å². The predicted molar refractivity (Wildman–Crippen MR) is 122 cm³/mol. The first-order valence-electron chi connectivity index (χ1n) is 9.35. The van der Waals surface area contributed by atoms with Crippen LogP contribution < -0.4 is 15.5 Å².